The lowest BCUT2D eigenvalue weighted by molar-refractivity contribution is -0.128. The van der Waals surface area contributed by atoms with Crippen LogP contribution in [0.4, 0.5) is 11.4 Å². The summed E-state index contributed by atoms with van der Waals surface area (Å²) in [5.74, 6) is -0.260. The minimum absolute atomic E-state index is 0.114. The average molecular weight is 372 g/mol. The van der Waals surface area contributed by atoms with E-state index in [4.69, 9.17) is 17.3 Å². The van der Waals surface area contributed by atoms with Gasteiger partial charge in [-0.2, -0.15) is 0 Å². The molecule has 3 N–H and O–H groups in total. The summed E-state index contributed by atoms with van der Waals surface area (Å²) in [5.41, 5.74) is 8.21. The number of anilines is 2. The predicted molar refractivity (Wildman–Crippen MR) is 104 cm³/mol. The number of hydrogen-bond donors (Lipinski definition) is 2. The molecule has 1 unspecified atom stereocenters. The Morgan fingerprint density at radius 2 is 1.92 bits per heavy atom. The van der Waals surface area contributed by atoms with Crippen molar-refractivity contribution < 1.29 is 9.59 Å². The fourth-order valence-corrected chi connectivity index (χ4v) is 3.43. The number of amides is 2. The van der Waals surface area contributed by atoms with Crippen molar-refractivity contribution in [1.29, 1.82) is 0 Å². The molecule has 5 nitrogen and oxygen atoms in total. The van der Waals surface area contributed by atoms with Gasteiger partial charge in [0.15, 0.2) is 0 Å². The van der Waals surface area contributed by atoms with Gasteiger partial charge in [-0.3, -0.25) is 9.59 Å². The lowest BCUT2D eigenvalue weighted by Crippen LogP contribution is -2.52. The molecule has 3 rings (SSSR count). The van der Waals surface area contributed by atoms with Gasteiger partial charge in [-0.25, -0.2) is 0 Å². The molecule has 0 aliphatic carbocycles. The number of aryl methyl sites for hydroxylation is 1. The molecule has 6 heteroatoms. The van der Waals surface area contributed by atoms with Crippen molar-refractivity contribution in [2.24, 2.45) is 0 Å². The van der Waals surface area contributed by atoms with E-state index in [1.807, 2.05) is 42.5 Å². The maximum Gasteiger partial charge on any atom is 0.249 e. The Bertz CT molecular complexity index is 809. The van der Waals surface area contributed by atoms with E-state index in [0.29, 0.717) is 42.2 Å². The Kier molecular flexibility index (Phi) is 5.78. The SMILES string of the molecule is Nc1ccccc1CCC(=O)NC1CCCN(c2ccccc2Cl)C1=O. The highest BCUT2D eigenvalue weighted by Crippen LogP contribution is 2.28. The molecule has 0 radical (unpaired) electrons. The molecule has 2 aromatic carbocycles. The van der Waals surface area contributed by atoms with Gasteiger partial charge in [0.05, 0.1) is 10.7 Å². The van der Waals surface area contributed by atoms with Crippen molar-refractivity contribution in [3.63, 3.8) is 0 Å². The summed E-state index contributed by atoms with van der Waals surface area (Å²) in [6.07, 6.45) is 2.30. The average Bonchev–Trinajstić information content (AvgIpc) is 2.63. The van der Waals surface area contributed by atoms with E-state index in [9.17, 15) is 9.59 Å². The van der Waals surface area contributed by atoms with Crippen molar-refractivity contribution in [3.8, 4) is 0 Å². The molecule has 0 bridgehead atoms. The van der Waals surface area contributed by atoms with Gasteiger partial charge in [0.2, 0.25) is 11.8 Å². The molecule has 0 saturated carbocycles. The lowest BCUT2D eigenvalue weighted by atomic mass is 10.0. The van der Waals surface area contributed by atoms with Gasteiger partial charge in [-0.05, 0) is 43.0 Å². The summed E-state index contributed by atoms with van der Waals surface area (Å²) in [6, 6.07) is 14.2. The van der Waals surface area contributed by atoms with Crippen molar-refractivity contribution in [2.75, 3.05) is 17.2 Å². The van der Waals surface area contributed by atoms with Crippen molar-refractivity contribution >= 4 is 34.8 Å². The summed E-state index contributed by atoms with van der Waals surface area (Å²) in [6.45, 7) is 0.607. The van der Waals surface area contributed by atoms with E-state index >= 15 is 0 Å². The second-order valence-electron chi connectivity index (χ2n) is 6.40. The summed E-state index contributed by atoms with van der Waals surface area (Å²) in [7, 11) is 0. The van der Waals surface area contributed by atoms with E-state index < -0.39 is 6.04 Å². The molecule has 2 amide bonds. The number of nitrogens with one attached hydrogen (secondary N) is 1. The minimum atomic E-state index is -0.513. The minimum Gasteiger partial charge on any atom is -0.399 e. The molecule has 136 valence electrons. The van der Waals surface area contributed by atoms with Crippen molar-refractivity contribution in [3.05, 3.63) is 59.1 Å². The van der Waals surface area contributed by atoms with Gasteiger partial charge >= 0.3 is 0 Å². The highest BCUT2D eigenvalue weighted by atomic mass is 35.5. The monoisotopic (exact) mass is 371 g/mol. The van der Waals surface area contributed by atoms with E-state index in [0.717, 1.165) is 12.0 Å². The van der Waals surface area contributed by atoms with E-state index in [2.05, 4.69) is 5.32 Å². The van der Waals surface area contributed by atoms with Crippen LogP contribution in [-0.4, -0.2) is 24.4 Å². The maximum absolute atomic E-state index is 12.8. The fourth-order valence-electron chi connectivity index (χ4n) is 3.20. The fraction of sp³-hybridized carbons (Fsp3) is 0.300. The molecular formula is C20H22ClN3O2. The Labute approximate surface area is 158 Å². The summed E-state index contributed by atoms with van der Waals surface area (Å²) in [4.78, 5) is 26.7. The molecule has 1 fully saturated rings. The molecule has 1 aliphatic heterocycles. The van der Waals surface area contributed by atoms with Gasteiger partial charge in [-0.1, -0.05) is 41.9 Å². The summed E-state index contributed by atoms with van der Waals surface area (Å²) < 4.78 is 0. The quantitative estimate of drug-likeness (QED) is 0.792. The number of nitrogens with zero attached hydrogens (tertiary/aromatic N) is 1. The van der Waals surface area contributed by atoms with Gasteiger partial charge in [-0.15, -0.1) is 0 Å². The Balaban J connectivity index is 1.60. The summed E-state index contributed by atoms with van der Waals surface area (Å²) in [5, 5.41) is 3.40. The second-order valence-corrected chi connectivity index (χ2v) is 6.81. The van der Waals surface area contributed by atoms with E-state index in [-0.39, 0.29) is 11.8 Å². The second kappa shape index (κ2) is 8.23. The van der Waals surface area contributed by atoms with Crippen molar-refractivity contribution in [2.45, 2.75) is 31.7 Å². The highest BCUT2D eigenvalue weighted by Gasteiger charge is 2.31. The van der Waals surface area contributed by atoms with Gasteiger partial charge < -0.3 is 16.0 Å². The molecule has 0 spiro atoms. The van der Waals surface area contributed by atoms with Crippen LogP contribution in [0.1, 0.15) is 24.8 Å². The first-order valence-corrected chi connectivity index (χ1v) is 9.12. The molecule has 2 aromatic rings. The van der Waals surface area contributed by atoms with Crippen molar-refractivity contribution in [1.82, 2.24) is 5.32 Å². The number of para-hydroxylation sites is 2. The Hall–Kier alpha value is -2.53. The largest absolute Gasteiger partial charge is 0.399 e. The standard InChI is InChI=1S/C20H22ClN3O2/c21-15-7-2-4-10-18(15)24-13-5-9-17(20(24)26)23-19(25)12-11-14-6-1-3-8-16(14)22/h1-4,6-8,10,17H,5,9,11-13,22H2,(H,23,25). The number of rotatable bonds is 5. The Morgan fingerprint density at radius 1 is 1.19 bits per heavy atom. The van der Waals surface area contributed by atoms with Crippen LogP contribution in [-0.2, 0) is 16.0 Å². The van der Waals surface area contributed by atoms with Crippen LogP contribution in [0.15, 0.2) is 48.5 Å². The number of benzene rings is 2. The molecule has 1 heterocycles. The zero-order valence-electron chi connectivity index (χ0n) is 14.5. The number of nitrogen functional groups attached to an aromatic ring is 1. The molecule has 1 saturated heterocycles. The first-order chi connectivity index (χ1) is 12.6. The molecule has 26 heavy (non-hydrogen) atoms. The highest BCUT2D eigenvalue weighted by molar-refractivity contribution is 6.33. The third-order valence-corrected chi connectivity index (χ3v) is 4.91. The molecule has 0 aromatic heterocycles. The van der Waals surface area contributed by atoms with Crippen LogP contribution < -0.4 is 16.0 Å². The third-order valence-electron chi connectivity index (χ3n) is 4.59. The van der Waals surface area contributed by atoms with Crippen LogP contribution in [0.3, 0.4) is 0 Å². The third kappa shape index (κ3) is 4.17. The Morgan fingerprint density at radius 3 is 2.69 bits per heavy atom. The zero-order valence-corrected chi connectivity index (χ0v) is 15.2. The predicted octanol–water partition coefficient (Wildman–Crippen LogP) is 3.17. The number of carbonyl (C=O) groups excluding carboxylic acids is 2. The topological polar surface area (TPSA) is 75.4 Å². The first kappa shape index (κ1) is 18.3. The van der Waals surface area contributed by atoms with Crippen LogP contribution >= 0.6 is 11.6 Å². The number of carbonyl (C=O) groups is 2. The number of piperidine rings is 1. The molecule has 1 atom stereocenters. The van der Waals surface area contributed by atoms with Gasteiger partial charge in [0.1, 0.15) is 6.04 Å². The van der Waals surface area contributed by atoms with Crippen LogP contribution in [0.2, 0.25) is 5.02 Å². The first-order valence-electron chi connectivity index (χ1n) is 8.75. The van der Waals surface area contributed by atoms with Crippen LogP contribution in [0.5, 0.6) is 0 Å². The lowest BCUT2D eigenvalue weighted by Gasteiger charge is -2.33. The smallest absolute Gasteiger partial charge is 0.249 e. The van der Waals surface area contributed by atoms with Crippen LogP contribution in [0, 0.1) is 0 Å². The summed E-state index contributed by atoms with van der Waals surface area (Å²) >= 11 is 6.22. The molecule has 1 aliphatic rings. The van der Waals surface area contributed by atoms with E-state index in [1.54, 1.807) is 11.0 Å². The number of halogens is 1. The molecular weight excluding hydrogens is 350 g/mol. The normalized spacial score (nSPS) is 17.2. The van der Waals surface area contributed by atoms with Crippen LogP contribution in [0.25, 0.3) is 0 Å². The zero-order chi connectivity index (χ0) is 18.5. The maximum atomic E-state index is 12.8. The van der Waals surface area contributed by atoms with E-state index in [1.165, 1.54) is 0 Å². The number of nitrogens with two attached hydrogens (primary N) is 1. The number of hydrogen-bond acceptors (Lipinski definition) is 3. The van der Waals surface area contributed by atoms with Gasteiger partial charge in [0.25, 0.3) is 0 Å². The van der Waals surface area contributed by atoms with Gasteiger partial charge in [0, 0.05) is 18.7 Å².